The van der Waals surface area contributed by atoms with Crippen LogP contribution in [0.1, 0.15) is 71.6 Å². The lowest BCUT2D eigenvalue weighted by Gasteiger charge is -1.95. The van der Waals surface area contributed by atoms with Crippen LogP contribution < -0.4 is 0 Å². The van der Waals surface area contributed by atoms with Gasteiger partial charge in [0, 0.05) is 0 Å². The summed E-state index contributed by atoms with van der Waals surface area (Å²) in [5.41, 5.74) is 0. The van der Waals surface area contributed by atoms with Crippen LogP contribution in [0.15, 0.2) is 24.3 Å². The molecule has 0 aromatic heterocycles. The van der Waals surface area contributed by atoms with Gasteiger partial charge in [0.2, 0.25) is 0 Å². The van der Waals surface area contributed by atoms with Crippen LogP contribution in [-0.4, -0.2) is 0 Å². The topological polar surface area (TPSA) is 0 Å². The molecule has 0 nitrogen and oxygen atoms in total. The predicted molar refractivity (Wildman–Crippen MR) is 71.2 cm³/mol. The van der Waals surface area contributed by atoms with E-state index in [1.807, 2.05) is 0 Å². The first kappa shape index (κ1) is 14.5. The molecule has 88 valence electrons. The van der Waals surface area contributed by atoms with E-state index in [0.717, 1.165) is 0 Å². The van der Waals surface area contributed by atoms with Gasteiger partial charge in [-0.05, 0) is 19.3 Å². The summed E-state index contributed by atoms with van der Waals surface area (Å²) in [4.78, 5) is 0. The van der Waals surface area contributed by atoms with E-state index in [1.54, 1.807) is 0 Å². The molecule has 0 unspecified atom stereocenters. The van der Waals surface area contributed by atoms with Crippen LogP contribution in [0.4, 0.5) is 0 Å². The van der Waals surface area contributed by atoms with Crippen molar-refractivity contribution in [2.24, 2.45) is 0 Å². The highest BCUT2D eigenvalue weighted by Crippen LogP contribution is 2.05. The molecule has 0 aliphatic heterocycles. The Morgan fingerprint density at radius 2 is 1.13 bits per heavy atom. The summed E-state index contributed by atoms with van der Waals surface area (Å²) in [5, 5.41) is 0. The van der Waals surface area contributed by atoms with Crippen molar-refractivity contribution < 1.29 is 0 Å². The van der Waals surface area contributed by atoms with Crippen molar-refractivity contribution in [1.82, 2.24) is 0 Å². The third-order valence-corrected chi connectivity index (χ3v) is 2.58. The fourth-order valence-corrected chi connectivity index (χ4v) is 1.54. The molecule has 0 aliphatic carbocycles. The molecular formula is C15H28. The van der Waals surface area contributed by atoms with Crippen LogP contribution in [0.25, 0.3) is 0 Å². The number of allylic oxidation sites excluding steroid dienone is 4. The van der Waals surface area contributed by atoms with Gasteiger partial charge in [-0.15, -0.1) is 0 Å². The summed E-state index contributed by atoms with van der Waals surface area (Å²) in [6.45, 7) is 4.50. The van der Waals surface area contributed by atoms with Crippen LogP contribution in [0, 0.1) is 0 Å². The maximum atomic E-state index is 2.30. The van der Waals surface area contributed by atoms with Gasteiger partial charge in [0.1, 0.15) is 0 Å². The lowest BCUT2D eigenvalue weighted by atomic mass is 10.1. The Bertz CT molecular complexity index is 153. The molecule has 15 heavy (non-hydrogen) atoms. The third kappa shape index (κ3) is 13.5. The van der Waals surface area contributed by atoms with E-state index in [0.29, 0.717) is 0 Å². The van der Waals surface area contributed by atoms with Gasteiger partial charge in [-0.2, -0.15) is 0 Å². The van der Waals surface area contributed by atoms with Crippen molar-refractivity contribution in [2.75, 3.05) is 0 Å². The molecule has 0 aromatic carbocycles. The fourth-order valence-electron chi connectivity index (χ4n) is 1.54. The molecule has 0 heteroatoms. The molecule has 0 amide bonds. The van der Waals surface area contributed by atoms with Crippen molar-refractivity contribution in [2.45, 2.75) is 71.6 Å². The molecule has 0 atom stereocenters. The summed E-state index contributed by atoms with van der Waals surface area (Å²) in [6.07, 6.45) is 21.0. The van der Waals surface area contributed by atoms with Gasteiger partial charge in [0.15, 0.2) is 0 Å². The summed E-state index contributed by atoms with van der Waals surface area (Å²) >= 11 is 0. The van der Waals surface area contributed by atoms with Gasteiger partial charge in [-0.3, -0.25) is 0 Å². The minimum absolute atomic E-state index is 1.23. The molecule has 0 aromatic rings. The molecule has 0 saturated heterocycles. The van der Waals surface area contributed by atoms with Gasteiger partial charge >= 0.3 is 0 Å². The number of hydrogen-bond acceptors (Lipinski definition) is 0. The third-order valence-electron chi connectivity index (χ3n) is 2.58. The average Bonchev–Trinajstić information content (AvgIpc) is 2.26. The largest absolute Gasteiger partial charge is 0.0845 e. The van der Waals surface area contributed by atoms with E-state index >= 15 is 0 Å². The van der Waals surface area contributed by atoms with Gasteiger partial charge < -0.3 is 0 Å². The average molecular weight is 208 g/mol. The van der Waals surface area contributed by atoms with Crippen LogP contribution in [0.5, 0.6) is 0 Å². The van der Waals surface area contributed by atoms with E-state index in [4.69, 9.17) is 0 Å². The first-order valence-electron chi connectivity index (χ1n) is 6.73. The van der Waals surface area contributed by atoms with Crippen LogP contribution >= 0.6 is 0 Å². The SMILES string of the molecule is CCCCC=CC=CCCCCCCC. The Hall–Kier alpha value is -0.520. The Morgan fingerprint density at radius 1 is 0.600 bits per heavy atom. The molecule has 0 rings (SSSR count). The highest BCUT2D eigenvalue weighted by atomic mass is 13.9. The summed E-state index contributed by atoms with van der Waals surface area (Å²) in [6, 6.07) is 0. The second kappa shape index (κ2) is 13.5. The predicted octanol–water partition coefficient (Wildman–Crippen LogP) is 5.65. The number of hydrogen-bond donors (Lipinski definition) is 0. The summed E-state index contributed by atoms with van der Waals surface area (Å²) in [7, 11) is 0. The van der Waals surface area contributed by atoms with E-state index < -0.39 is 0 Å². The van der Waals surface area contributed by atoms with Crippen molar-refractivity contribution in [3.05, 3.63) is 24.3 Å². The molecule has 0 heterocycles. The highest BCUT2D eigenvalue weighted by Gasteiger charge is 1.85. The monoisotopic (exact) mass is 208 g/mol. The molecule has 0 radical (unpaired) electrons. The van der Waals surface area contributed by atoms with Crippen molar-refractivity contribution in [1.29, 1.82) is 0 Å². The second-order valence-corrected chi connectivity index (χ2v) is 4.20. The van der Waals surface area contributed by atoms with Crippen molar-refractivity contribution in [3.63, 3.8) is 0 Å². The van der Waals surface area contributed by atoms with Gasteiger partial charge in [-0.1, -0.05) is 76.7 Å². The van der Waals surface area contributed by atoms with Gasteiger partial charge in [0.25, 0.3) is 0 Å². The maximum absolute atomic E-state index is 2.30. The minimum atomic E-state index is 1.23. The van der Waals surface area contributed by atoms with E-state index in [9.17, 15) is 0 Å². The minimum Gasteiger partial charge on any atom is -0.0845 e. The quantitative estimate of drug-likeness (QED) is 0.321. The lowest BCUT2D eigenvalue weighted by Crippen LogP contribution is -1.75. The van der Waals surface area contributed by atoms with E-state index in [-0.39, 0.29) is 0 Å². The summed E-state index contributed by atoms with van der Waals surface area (Å²) < 4.78 is 0. The standard InChI is InChI=1S/C15H28/c1-3-5-7-9-11-13-15-14-12-10-8-6-4-2/h9,11,13,15H,3-8,10,12,14H2,1-2H3. The normalized spacial score (nSPS) is 11.9. The molecule has 0 fully saturated rings. The number of rotatable bonds is 10. The number of unbranched alkanes of at least 4 members (excludes halogenated alkanes) is 7. The molecule has 0 spiro atoms. The molecule has 0 saturated carbocycles. The Morgan fingerprint density at radius 3 is 1.73 bits per heavy atom. The molecule has 0 N–H and O–H groups in total. The zero-order valence-electron chi connectivity index (χ0n) is 10.7. The Kier molecular flexibility index (Phi) is 13.0. The van der Waals surface area contributed by atoms with Gasteiger partial charge in [0.05, 0.1) is 0 Å². The second-order valence-electron chi connectivity index (χ2n) is 4.20. The van der Waals surface area contributed by atoms with Crippen molar-refractivity contribution in [3.8, 4) is 0 Å². The maximum Gasteiger partial charge on any atom is -0.0348 e. The lowest BCUT2D eigenvalue weighted by molar-refractivity contribution is 0.637. The van der Waals surface area contributed by atoms with Crippen LogP contribution in [0.3, 0.4) is 0 Å². The first-order chi connectivity index (χ1) is 7.41. The Labute approximate surface area is 96.5 Å². The first-order valence-corrected chi connectivity index (χ1v) is 6.73. The summed E-state index contributed by atoms with van der Waals surface area (Å²) in [5.74, 6) is 0. The zero-order valence-corrected chi connectivity index (χ0v) is 10.7. The molecule has 0 bridgehead atoms. The fraction of sp³-hybridized carbons (Fsp3) is 0.733. The van der Waals surface area contributed by atoms with Crippen LogP contribution in [0.2, 0.25) is 0 Å². The van der Waals surface area contributed by atoms with Gasteiger partial charge in [-0.25, -0.2) is 0 Å². The van der Waals surface area contributed by atoms with E-state index in [1.165, 1.54) is 57.8 Å². The molecular weight excluding hydrogens is 180 g/mol. The van der Waals surface area contributed by atoms with E-state index in [2.05, 4.69) is 38.2 Å². The Balaban J connectivity index is 3.13. The van der Waals surface area contributed by atoms with Crippen molar-refractivity contribution >= 4 is 0 Å². The zero-order chi connectivity index (χ0) is 11.2. The molecule has 0 aliphatic rings. The smallest absolute Gasteiger partial charge is 0.0348 e. The highest BCUT2D eigenvalue weighted by molar-refractivity contribution is 5.02. The van der Waals surface area contributed by atoms with Crippen LogP contribution in [-0.2, 0) is 0 Å².